The summed E-state index contributed by atoms with van der Waals surface area (Å²) >= 11 is 0. The monoisotopic (exact) mass is 283 g/mol. The zero-order chi connectivity index (χ0) is 14.8. The molecular formula is C13H25N5O2. The zero-order valence-corrected chi connectivity index (χ0v) is 12.6. The number of nitrogen functional groups attached to an aromatic ring is 1. The van der Waals surface area contributed by atoms with E-state index < -0.39 is 0 Å². The van der Waals surface area contributed by atoms with Crippen LogP contribution in [0.25, 0.3) is 0 Å². The Balaban J connectivity index is 2.79. The van der Waals surface area contributed by atoms with Gasteiger partial charge in [-0.3, -0.25) is 0 Å². The fourth-order valence-electron chi connectivity index (χ4n) is 1.87. The van der Waals surface area contributed by atoms with E-state index in [0.717, 1.165) is 24.5 Å². The van der Waals surface area contributed by atoms with Gasteiger partial charge in [0.25, 0.3) is 0 Å². The van der Waals surface area contributed by atoms with Gasteiger partial charge in [-0.15, -0.1) is 0 Å². The first-order valence-corrected chi connectivity index (χ1v) is 6.93. The Hall–Kier alpha value is -1.44. The van der Waals surface area contributed by atoms with Crippen LogP contribution in [-0.2, 0) is 9.47 Å². The lowest BCUT2D eigenvalue weighted by molar-refractivity contribution is 0.141. The summed E-state index contributed by atoms with van der Waals surface area (Å²) in [4.78, 5) is 10.6. The van der Waals surface area contributed by atoms with Crippen molar-refractivity contribution in [2.24, 2.45) is 5.84 Å². The minimum Gasteiger partial charge on any atom is -0.380 e. The van der Waals surface area contributed by atoms with E-state index in [-0.39, 0.29) is 0 Å². The first-order chi connectivity index (χ1) is 9.74. The van der Waals surface area contributed by atoms with Crippen molar-refractivity contribution in [2.75, 3.05) is 49.8 Å². The molecule has 0 bridgehead atoms. The number of aromatic nitrogens is 2. The summed E-state index contributed by atoms with van der Waals surface area (Å²) in [5.41, 5.74) is 3.50. The van der Waals surface area contributed by atoms with Crippen molar-refractivity contribution in [3.05, 3.63) is 11.9 Å². The molecular weight excluding hydrogens is 258 g/mol. The third-order valence-electron chi connectivity index (χ3n) is 2.91. The van der Waals surface area contributed by atoms with Crippen molar-refractivity contribution >= 4 is 11.6 Å². The molecule has 0 amide bonds. The summed E-state index contributed by atoms with van der Waals surface area (Å²) in [7, 11) is 0. The normalized spacial score (nSPS) is 10.6. The van der Waals surface area contributed by atoms with E-state index in [9.17, 15) is 0 Å². The number of ether oxygens (including phenoxy) is 2. The second-order valence-electron chi connectivity index (χ2n) is 4.20. The molecule has 1 heterocycles. The second-order valence-corrected chi connectivity index (χ2v) is 4.20. The van der Waals surface area contributed by atoms with Gasteiger partial charge >= 0.3 is 0 Å². The van der Waals surface area contributed by atoms with Gasteiger partial charge in [-0.2, -0.15) is 0 Å². The lowest BCUT2D eigenvalue weighted by atomic mass is 10.3. The molecule has 3 N–H and O–H groups in total. The fourth-order valence-corrected chi connectivity index (χ4v) is 1.87. The summed E-state index contributed by atoms with van der Waals surface area (Å²) in [5.74, 6) is 6.94. The van der Waals surface area contributed by atoms with Gasteiger partial charge in [-0.1, -0.05) is 0 Å². The van der Waals surface area contributed by atoms with E-state index in [2.05, 4.69) is 20.3 Å². The minimum atomic E-state index is 0.632. The van der Waals surface area contributed by atoms with Gasteiger partial charge in [0.15, 0.2) is 0 Å². The van der Waals surface area contributed by atoms with Gasteiger partial charge in [-0.25, -0.2) is 15.8 Å². The van der Waals surface area contributed by atoms with Crippen molar-refractivity contribution in [1.29, 1.82) is 0 Å². The minimum absolute atomic E-state index is 0.632. The van der Waals surface area contributed by atoms with Gasteiger partial charge in [0.1, 0.15) is 18.0 Å². The van der Waals surface area contributed by atoms with Crippen molar-refractivity contribution in [1.82, 2.24) is 9.97 Å². The smallest absolute Gasteiger partial charge is 0.148 e. The Morgan fingerprint density at radius 2 is 1.75 bits per heavy atom. The van der Waals surface area contributed by atoms with Crippen LogP contribution in [0.3, 0.4) is 0 Å². The molecule has 7 nitrogen and oxygen atoms in total. The lowest BCUT2D eigenvalue weighted by Gasteiger charge is -2.25. The molecule has 0 unspecified atom stereocenters. The zero-order valence-electron chi connectivity index (χ0n) is 12.6. The summed E-state index contributed by atoms with van der Waals surface area (Å²) in [6.07, 6.45) is 1.51. The predicted molar refractivity (Wildman–Crippen MR) is 79.8 cm³/mol. The number of rotatable bonds is 10. The molecule has 0 spiro atoms. The quantitative estimate of drug-likeness (QED) is 0.375. The van der Waals surface area contributed by atoms with E-state index in [4.69, 9.17) is 15.3 Å². The second kappa shape index (κ2) is 9.46. The molecule has 0 aliphatic carbocycles. The predicted octanol–water partition coefficient (Wildman–Crippen LogP) is 0.950. The van der Waals surface area contributed by atoms with Gasteiger partial charge in [0, 0.05) is 31.9 Å². The molecule has 114 valence electrons. The standard InChI is InChI=1S/C13H25N5O2/c1-4-19-8-6-18(7-9-20-5-2)13-11(3)12(17-14)15-10-16-13/h10H,4-9,14H2,1-3H3,(H,15,16,17). The van der Waals surface area contributed by atoms with Crippen LogP contribution in [0.15, 0.2) is 6.33 Å². The van der Waals surface area contributed by atoms with E-state index in [1.165, 1.54) is 6.33 Å². The highest BCUT2D eigenvalue weighted by atomic mass is 16.5. The Morgan fingerprint density at radius 1 is 1.15 bits per heavy atom. The highest BCUT2D eigenvalue weighted by molar-refractivity contribution is 5.57. The van der Waals surface area contributed by atoms with Gasteiger partial charge in [0.05, 0.1) is 13.2 Å². The Morgan fingerprint density at radius 3 is 2.25 bits per heavy atom. The molecule has 0 saturated heterocycles. The number of hydrogen-bond acceptors (Lipinski definition) is 7. The molecule has 7 heteroatoms. The molecule has 0 atom stereocenters. The van der Waals surface area contributed by atoms with Gasteiger partial charge < -0.3 is 19.8 Å². The van der Waals surface area contributed by atoms with Gasteiger partial charge in [0.2, 0.25) is 0 Å². The van der Waals surface area contributed by atoms with Crippen LogP contribution in [0.4, 0.5) is 11.6 Å². The average molecular weight is 283 g/mol. The topological polar surface area (TPSA) is 85.5 Å². The highest BCUT2D eigenvalue weighted by Crippen LogP contribution is 2.21. The van der Waals surface area contributed by atoms with Crippen molar-refractivity contribution in [2.45, 2.75) is 20.8 Å². The molecule has 0 radical (unpaired) electrons. The molecule has 0 aliphatic heterocycles. The van der Waals surface area contributed by atoms with Crippen molar-refractivity contribution in [3.63, 3.8) is 0 Å². The van der Waals surface area contributed by atoms with Crippen molar-refractivity contribution < 1.29 is 9.47 Å². The molecule has 0 aliphatic rings. The van der Waals surface area contributed by atoms with Crippen LogP contribution >= 0.6 is 0 Å². The lowest BCUT2D eigenvalue weighted by Crippen LogP contribution is -2.32. The molecule has 0 saturated carbocycles. The summed E-state index contributed by atoms with van der Waals surface area (Å²) in [6.45, 7) is 10.1. The fraction of sp³-hybridized carbons (Fsp3) is 0.692. The summed E-state index contributed by atoms with van der Waals surface area (Å²) < 4.78 is 10.8. The number of anilines is 2. The molecule has 20 heavy (non-hydrogen) atoms. The van der Waals surface area contributed by atoms with E-state index in [0.29, 0.717) is 32.2 Å². The Bertz CT molecular complexity index is 379. The molecule has 1 rings (SSSR count). The Kier molecular flexibility index (Phi) is 7.86. The molecule has 1 aromatic rings. The maximum atomic E-state index is 5.45. The van der Waals surface area contributed by atoms with Gasteiger partial charge in [-0.05, 0) is 20.8 Å². The average Bonchev–Trinajstić information content (AvgIpc) is 2.46. The van der Waals surface area contributed by atoms with E-state index >= 15 is 0 Å². The van der Waals surface area contributed by atoms with Crippen LogP contribution in [0.1, 0.15) is 19.4 Å². The first kappa shape index (κ1) is 16.6. The largest absolute Gasteiger partial charge is 0.380 e. The molecule has 1 aromatic heterocycles. The van der Waals surface area contributed by atoms with Crippen LogP contribution in [-0.4, -0.2) is 49.5 Å². The summed E-state index contributed by atoms with van der Waals surface area (Å²) in [5, 5.41) is 0. The Labute approximate surface area is 120 Å². The number of nitrogens with zero attached hydrogens (tertiary/aromatic N) is 3. The van der Waals surface area contributed by atoms with Crippen LogP contribution in [0.2, 0.25) is 0 Å². The SMILES string of the molecule is CCOCCN(CCOCC)c1ncnc(NN)c1C. The maximum absolute atomic E-state index is 5.45. The van der Waals surface area contributed by atoms with E-state index in [1.807, 2.05) is 20.8 Å². The van der Waals surface area contributed by atoms with Crippen LogP contribution < -0.4 is 16.2 Å². The number of hydrazine groups is 1. The van der Waals surface area contributed by atoms with Crippen LogP contribution in [0, 0.1) is 6.92 Å². The van der Waals surface area contributed by atoms with E-state index in [1.54, 1.807) is 0 Å². The maximum Gasteiger partial charge on any atom is 0.148 e. The number of hydrogen-bond donors (Lipinski definition) is 2. The van der Waals surface area contributed by atoms with Crippen LogP contribution in [0.5, 0.6) is 0 Å². The number of nitrogens with one attached hydrogen (secondary N) is 1. The number of nitrogens with two attached hydrogens (primary N) is 1. The third-order valence-corrected chi connectivity index (χ3v) is 2.91. The molecule has 0 fully saturated rings. The van der Waals surface area contributed by atoms with Crippen molar-refractivity contribution in [3.8, 4) is 0 Å². The summed E-state index contributed by atoms with van der Waals surface area (Å²) in [6, 6.07) is 0. The molecule has 0 aromatic carbocycles. The first-order valence-electron chi connectivity index (χ1n) is 6.93. The third kappa shape index (κ3) is 4.92. The highest BCUT2D eigenvalue weighted by Gasteiger charge is 2.13.